The van der Waals surface area contributed by atoms with Crippen molar-refractivity contribution in [2.75, 3.05) is 50.5 Å². The van der Waals surface area contributed by atoms with E-state index in [2.05, 4.69) is 26.7 Å². The summed E-state index contributed by atoms with van der Waals surface area (Å²) in [6, 6.07) is 7.30. The van der Waals surface area contributed by atoms with E-state index in [0.717, 1.165) is 44.3 Å². The monoisotopic (exact) mass is 329 g/mol. The van der Waals surface area contributed by atoms with Crippen molar-refractivity contribution < 1.29 is 9.47 Å². The Bertz CT molecular complexity index is 669. The predicted octanol–water partition coefficient (Wildman–Crippen LogP) is 2.00. The van der Waals surface area contributed by atoms with Gasteiger partial charge in [-0.2, -0.15) is 4.98 Å². The van der Waals surface area contributed by atoms with Crippen molar-refractivity contribution in [1.82, 2.24) is 14.9 Å². The van der Waals surface area contributed by atoms with Gasteiger partial charge in [-0.15, -0.1) is 0 Å². The molecule has 2 heterocycles. The van der Waals surface area contributed by atoms with Gasteiger partial charge in [-0.25, -0.2) is 4.98 Å². The van der Waals surface area contributed by atoms with E-state index in [0.29, 0.717) is 17.3 Å². The first-order valence-electron chi connectivity index (χ1n) is 8.11. The number of methoxy groups -OCH3 is 1. The van der Waals surface area contributed by atoms with Gasteiger partial charge < -0.3 is 25.0 Å². The average Bonchev–Trinajstić information content (AvgIpc) is 2.64. The maximum Gasteiger partial charge on any atom is 0.248 e. The van der Waals surface area contributed by atoms with Crippen LogP contribution in [0.15, 0.2) is 30.6 Å². The Balaban J connectivity index is 1.75. The molecule has 0 spiro atoms. The molecule has 7 heteroatoms. The van der Waals surface area contributed by atoms with Crippen LogP contribution >= 0.6 is 0 Å². The third-order valence-electron chi connectivity index (χ3n) is 4.22. The zero-order valence-corrected chi connectivity index (χ0v) is 14.1. The Kier molecular flexibility index (Phi) is 5.00. The Morgan fingerprint density at radius 1 is 1.04 bits per heavy atom. The molecular weight excluding hydrogens is 306 g/mol. The molecule has 0 atom stereocenters. The van der Waals surface area contributed by atoms with E-state index in [1.54, 1.807) is 7.11 Å². The second kappa shape index (κ2) is 7.35. The largest absolute Gasteiger partial charge is 0.497 e. The van der Waals surface area contributed by atoms with Crippen molar-refractivity contribution in [1.29, 1.82) is 0 Å². The van der Waals surface area contributed by atoms with Gasteiger partial charge in [-0.3, -0.25) is 0 Å². The molecule has 3 rings (SSSR count). The van der Waals surface area contributed by atoms with Crippen LogP contribution in [0.4, 0.5) is 11.5 Å². The molecule has 2 aromatic rings. The zero-order valence-electron chi connectivity index (χ0n) is 14.1. The molecule has 0 amide bonds. The van der Waals surface area contributed by atoms with Crippen molar-refractivity contribution in [2.45, 2.75) is 6.92 Å². The lowest BCUT2D eigenvalue weighted by molar-refractivity contribution is 0.270. The summed E-state index contributed by atoms with van der Waals surface area (Å²) in [6.45, 7) is 7.06. The summed E-state index contributed by atoms with van der Waals surface area (Å²) in [5, 5.41) is 0. The van der Waals surface area contributed by atoms with E-state index >= 15 is 0 Å². The highest BCUT2D eigenvalue weighted by Crippen LogP contribution is 2.32. The molecule has 1 saturated heterocycles. The number of likely N-dealkylation sites (N-methyl/N-ethyl adjacent to an activating group) is 1. The molecule has 1 aromatic carbocycles. The fourth-order valence-electron chi connectivity index (χ4n) is 2.74. The van der Waals surface area contributed by atoms with Gasteiger partial charge in [0.2, 0.25) is 5.88 Å². The number of aromatic nitrogens is 2. The standard InChI is InChI=1S/C17H23N5O2/c1-3-21-8-10-22(11-9-21)16-15(18)17(20-12-19-16)24-14-6-4-13(23-2)5-7-14/h4-7,12H,3,8-11,18H2,1-2H3. The normalized spacial score (nSPS) is 15.3. The minimum absolute atomic E-state index is 0.378. The van der Waals surface area contributed by atoms with Gasteiger partial charge in [0, 0.05) is 26.2 Å². The first-order chi connectivity index (χ1) is 11.7. The van der Waals surface area contributed by atoms with Gasteiger partial charge >= 0.3 is 0 Å². The minimum Gasteiger partial charge on any atom is -0.497 e. The molecule has 1 aliphatic rings. The number of rotatable bonds is 5. The summed E-state index contributed by atoms with van der Waals surface area (Å²) in [5.41, 5.74) is 6.73. The lowest BCUT2D eigenvalue weighted by atomic mass is 10.3. The lowest BCUT2D eigenvalue weighted by Crippen LogP contribution is -2.46. The van der Waals surface area contributed by atoms with Crippen molar-refractivity contribution in [3.63, 3.8) is 0 Å². The van der Waals surface area contributed by atoms with Crippen LogP contribution in [0.1, 0.15) is 6.92 Å². The van der Waals surface area contributed by atoms with E-state index < -0.39 is 0 Å². The molecule has 0 radical (unpaired) electrons. The topological polar surface area (TPSA) is 76.7 Å². The molecule has 7 nitrogen and oxygen atoms in total. The minimum atomic E-state index is 0.378. The van der Waals surface area contributed by atoms with Crippen LogP contribution in [0.25, 0.3) is 0 Å². The number of nitrogens with zero attached hydrogens (tertiary/aromatic N) is 4. The molecule has 1 fully saturated rings. The molecule has 2 N–H and O–H groups in total. The first-order valence-corrected chi connectivity index (χ1v) is 8.11. The summed E-state index contributed by atoms with van der Waals surface area (Å²) in [5.74, 6) is 2.54. The average molecular weight is 329 g/mol. The van der Waals surface area contributed by atoms with Gasteiger partial charge in [-0.1, -0.05) is 6.92 Å². The van der Waals surface area contributed by atoms with E-state index in [1.165, 1.54) is 6.33 Å². The number of benzene rings is 1. The second-order valence-electron chi connectivity index (χ2n) is 5.62. The quantitative estimate of drug-likeness (QED) is 0.899. The number of hydrogen-bond acceptors (Lipinski definition) is 7. The lowest BCUT2D eigenvalue weighted by Gasteiger charge is -2.35. The van der Waals surface area contributed by atoms with Crippen LogP contribution in [0, 0.1) is 0 Å². The van der Waals surface area contributed by atoms with E-state index in [1.807, 2.05) is 24.3 Å². The molecule has 0 aliphatic carbocycles. The fraction of sp³-hybridized carbons (Fsp3) is 0.412. The molecule has 1 aliphatic heterocycles. The van der Waals surface area contributed by atoms with Crippen LogP contribution in [0.2, 0.25) is 0 Å². The molecule has 0 saturated carbocycles. The van der Waals surface area contributed by atoms with Gasteiger partial charge in [-0.05, 0) is 30.8 Å². The van der Waals surface area contributed by atoms with Crippen LogP contribution < -0.4 is 20.1 Å². The van der Waals surface area contributed by atoms with Crippen LogP contribution in [-0.2, 0) is 0 Å². The van der Waals surface area contributed by atoms with E-state index in [9.17, 15) is 0 Å². The van der Waals surface area contributed by atoms with Crippen molar-refractivity contribution in [2.24, 2.45) is 0 Å². The van der Waals surface area contributed by atoms with E-state index in [4.69, 9.17) is 15.2 Å². The Morgan fingerprint density at radius 3 is 2.33 bits per heavy atom. The van der Waals surface area contributed by atoms with Gasteiger partial charge in [0.25, 0.3) is 0 Å². The van der Waals surface area contributed by atoms with Crippen molar-refractivity contribution in [3.05, 3.63) is 30.6 Å². The molecule has 128 valence electrons. The van der Waals surface area contributed by atoms with Gasteiger partial charge in [0.15, 0.2) is 5.82 Å². The van der Waals surface area contributed by atoms with E-state index in [-0.39, 0.29) is 0 Å². The number of nitrogen functional groups attached to an aromatic ring is 1. The molecule has 0 unspecified atom stereocenters. The second-order valence-corrected chi connectivity index (χ2v) is 5.62. The van der Waals surface area contributed by atoms with Gasteiger partial charge in [0.1, 0.15) is 23.5 Å². The van der Waals surface area contributed by atoms with Crippen molar-refractivity contribution in [3.8, 4) is 17.4 Å². The Hall–Kier alpha value is -2.54. The van der Waals surface area contributed by atoms with Gasteiger partial charge in [0.05, 0.1) is 7.11 Å². The Labute approximate surface area is 142 Å². The zero-order chi connectivity index (χ0) is 16.9. The number of piperazine rings is 1. The molecular formula is C17H23N5O2. The fourth-order valence-corrected chi connectivity index (χ4v) is 2.74. The maximum atomic E-state index is 6.26. The summed E-state index contributed by atoms with van der Waals surface area (Å²) in [4.78, 5) is 13.1. The third kappa shape index (κ3) is 3.51. The number of nitrogens with two attached hydrogens (primary N) is 1. The highest BCUT2D eigenvalue weighted by molar-refractivity contribution is 5.68. The summed E-state index contributed by atoms with van der Waals surface area (Å²) in [6.07, 6.45) is 1.50. The molecule has 1 aromatic heterocycles. The summed E-state index contributed by atoms with van der Waals surface area (Å²) >= 11 is 0. The molecule has 24 heavy (non-hydrogen) atoms. The SMILES string of the molecule is CCN1CCN(c2ncnc(Oc3ccc(OC)cc3)c2N)CC1. The third-order valence-corrected chi connectivity index (χ3v) is 4.22. The van der Waals surface area contributed by atoms with Crippen molar-refractivity contribution >= 4 is 11.5 Å². The smallest absolute Gasteiger partial charge is 0.248 e. The number of hydrogen-bond donors (Lipinski definition) is 1. The highest BCUT2D eigenvalue weighted by Gasteiger charge is 2.21. The number of ether oxygens (including phenoxy) is 2. The Morgan fingerprint density at radius 2 is 1.71 bits per heavy atom. The summed E-state index contributed by atoms with van der Waals surface area (Å²) in [7, 11) is 1.63. The maximum absolute atomic E-state index is 6.26. The first kappa shape index (κ1) is 16.3. The van der Waals surface area contributed by atoms with Crippen LogP contribution in [0.3, 0.4) is 0 Å². The van der Waals surface area contributed by atoms with Crippen LogP contribution in [-0.4, -0.2) is 54.7 Å². The molecule has 0 bridgehead atoms. The number of anilines is 2. The summed E-state index contributed by atoms with van der Waals surface area (Å²) < 4.78 is 11.0. The predicted molar refractivity (Wildman–Crippen MR) is 93.8 cm³/mol. The van der Waals surface area contributed by atoms with Crippen LogP contribution in [0.5, 0.6) is 17.4 Å². The highest BCUT2D eigenvalue weighted by atomic mass is 16.5.